The molecular formula is C20H28ClNO2. The molecule has 0 heterocycles. The van der Waals surface area contributed by atoms with Crippen molar-refractivity contribution in [2.75, 3.05) is 6.54 Å². The van der Waals surface area contributed by atoms with Crippen molar-refractivity contribution in [3.63, 3.8) is 0 Å². The molecule has 0 radical (unpaired) electrons. The number of aryl methyl sites for hydroxylation is 3. The molecule has 2 aromatic rings. The molecule has 0 spiro atoms. The van der Waals surface area contributed by atoms with Crippen molar-refractivity contribution in [1.29, 1.82) is 0 Å². The summed E-state index contributed by atoms with van der Waals surface area (Å²) in [4.78, 5) is 0. The van der Waals surface area contributed by atoms with Gasteiger partial charge in [-0.25, -0.2) is 0 Å². The van der Waals surface area contributed by atoms with E-state index in [0.717, 1.165) is 30.5 Å². The number of aromatic hydroxyl groups is 1. The number of phenols is 1. The normalized spacial score (nSPS) is 13.2. The number of hydrogen-bond donors (Lipinski definition) is 3. The van der Waals surface area contributed by atoms with Gasteiger partial charge in [0, 0.05) is 6.42 Å². The highest BCUT2D eigenvalue weighted by Gasteiger charge is 2.19. The number of rotatable bonds is 7. The Hall–Kier alpha value is -1.55. The van der Waals surface area contributed by atoms with Crippen molar-refractivity contribution in [2.45, 2.75) is 45.8 Å². The van der Waals surface area contributed by atoms with Crippen LogP contribution >= 0.6 is 0 Å². The van der Waals surface area contributed by atoms with Crippen molar-refractivity contribution in [3.8, 4) is 5.75 Å². The first-order valence-electron chi connectivity index (χ1n) is 8.34. The van der Waals surface area contributed by atoms with Crippen LogP contribution in [0.3, 0.4) is 0 Å². The number of phenolic OH excluding ortho intramolecular Hbond substituents is 1. The molecule has 132 valence electrons. The van der Waals surface area contributed by atoms with Crippen molar-refractivity contribution < 1.29 is 27.9 Å². The maximum Gasteiger partial charge on any atom is 0.130 e. The summed E-state index contributed by atoms with van der Waals surface area (Å²) in [5.41, 5.74) is 4.32. The molecule has 2 atom stereocenters. The molecule has 0 aliphatic rings. The Morgan fingerprint density at radius 3 is 2.33 bits per heavy atom. The minimum Gasteiger partial charge on any atom is -1.00 e. The number of benzene rings is 2. The molecule has 2 unspecified atom stereocenters. The number of hydrogen-bond acceptors (Lipinski definition) is 2. The third-order valence-electron chi connectivity index (χ3n) is 4.39. The Morgan fingerprint density at radius 2 is 1.71 bits per heavy atom. The molecule has 0 amide bonds. The zero-order chi connectivity index (χ0) is 16.8. The topological polar surface area (TPSA) is 57.1 Å². The van der Waals surface area contributed by atoms with Gasteiger partial charge in [0.15, 0.2) is 0 Å². The number of halogens is 1. The minimum absolute atomic E-state index is 0. The second-order valence-electron chi connectivity index (χ2n) is 6.46. The second-order valence-corrected chi connectivity index (χ2v) is 6.46. The Morgan fingerprint density at radius 1 is 1.04 bits per heavy atom. The average Bonchev–Trinajstić information content (AvgIpc) is 2.55. The fourth-order valence-electron chi connectivity index (χ4n) is 2.74. The molecule has 2 aromatic carbocycles. The highest BCUT2D eigenvalue weighted by atomic mass is 35.5. The van der Waals surface area contributed by atoms with Gasteiger partial charge >= 0.3 is 0 Å². The number of aliphatic hydroxyl groups excluding tert-OH is 1. The SMILES string of the molecule is Cc1ccc(CCC[NH2+]C(C)C(O)c2ccc(O)c(C)c2)cc1.[Cl-]. The van der Waals surface area contributed by atoms with Gasteiger partial charge in [-0.2, -0.15) is 0 Å². The van der Waals surface area contributed by atoms with E-state index < -0.39 is 6.10 Å². The molecule has 4 N–H and O–H groups in total. The van der Waals surface area contributed by atoms with Gasteiger partial charge in [-0.15, -0.1) is 0 Å². The third-order valence-corrected chi connectivity index (χ3v) is 4.39. The molecule has 0 aliphatic carbocycles. The number of quaternary nitrogens is 1. The highest BCUT2D eigenvalue weighted by Crippen LogP contribution is 2.22. The number of aliphatic hydroxyl groups is 1. The lowest BCUT2D eigenvalue weighted by Crippen LogP contribution is -3.00. The van der Waals surface area contributed by atoms with Crippen molar-refractivity contribution in [3.05, 3.63) is 64.7 Å². The van der Waals surface area contributed by atoms with Crippen molar-refractivity contribution in [2.24, 2.45) is 0 Å². The first-order chi connectivity index (χ1) is 11.0. The van der Waals surface area contributed by atoms with Crippen molar-refractivity contribution >= 4 is 0 Å². The Bertz CT molecular complexity index is 628. The van der Waals surface area contributed by atoms with E-state index in [1.165, 1.54) is 11.1 Å². The summed E-state index contributed by atoms with van der Waals surface area (Å²) in [6.07, 6.45) is 1.64. The van der Waals surface area contributed by atoms with Crippen LogP contribution in [-0.2, 0) is 6.42 Å². The molecule has 4 heteroatoms. The first-order valence-corrected chi connectivity index (χ1v) is 8.34. The van der Waals surface area contributed by atoms with Crippen LogP contribution in [0.25, 0.3) is 0 Å². The molecule has 0 aromatic heterocycles. The summed E-state index contributed by atoms with van der Waals surface area (Å²) in [5, 5.41) is 22.2. The molecule has 2 rings (SSSR count). The molecule has 0 saturated carbocycles. The zero-order valence-electron chi connectivity index (χ0n) is 14.7. The van der Waals surface area contributed by atoms with E-state index in [4.69, 9.17) is 0 Å². The van der Waals surface area contributed by atoms with E-state index in [1.807, 2.05) is 19.9 Å². The summed E-state index contributed by atoms with van der Waals surface area (Å²) in [5.74, 6) is 0.274. The highest BCUT2D eigenvalue weighted by molar-refractivity contribution is 5.36. The van der Waals surface area contributed by atoms with Gasteiger partial charge in [-0.1, -0.05) is 35.9 Å². The Labute approximate surface area is 151 Å². The standard InChI is InChI=1S/C20H27NO2.ClH/c1-14-6-8-17(9-7-14)5-4-12-21-16(3)20(23)18-10-11-19(22)15(2)13-18;/h6-11,13,16,20-23H,4-5,12H2,1-3H3;1H. The molecule has 3 nitrogen and oxygen atoms in total. The number of nitrogens with two attached hydrogens (primary N) is 1. The molecule has 0 aliphatic heterocycles. The lowest BCUT2D eigenvalue weighted by atomic mass is 10.0. The zero-order valence-corrected chi connectivity index (χ0v) is 15.4. The lowest BCUT2D eigenvalue weighted by Gasteiger charge is -2.18. The smallest absolute Gasteiger partial charge is 0.130 e. The van der Waals surface area contributed by atoms with Crippen LogP contribution in [0, 0.1) is 13.8 Å². The predicted octanol–water partition coefficient (Wildman–Crippen LogP) is -0.369. The molecule has 0 saturated heterocycles. The largest absolute Gasteiger partial charge is 1.00 e. The maximum absolute atomic E-state index is 10.4. The summed E-state index contributed by atoms with van der Waals surface area (Å²) >= 11 is 0. The maximum atomic E-state index is 10.4. The predicted molar refractivity (Wildman–Crippen MR) is 93.6 cm³/mol. The Balaban J connectivity index is 0.00000288. The van der Waals surface area contributed by atoms with Gasteiger partial charge in [0.25, 0.3) is 0 Å². The van der Waals surface area contributed by atoms with Gasteiger partial charge in [0.2, 0.25) is 0 Å². The van der Waals surface area contributed by atoms with Crippen LogP contribution in [0.5, 0.6) is 5.75 Å². The van der Waals surface area contributed by atoms with Gasteiger partial charge in [0.05, 0.1) is 6.54 Å². The van der Waals surface area contributed by atoms with Crippen LogP contribution < -0.4 is 17.7 Å². The van der Waals surface area contributed by atoms with Crippen LogP contribution in [0.1, 0.15) is 41.7 Å². The summed E-state index contributed by atoms with van der Waals surface area (Å²) in [6.45, 7) is 6.98. The van der Waals surface area contributed by atoms with Crippen molar-refractivity contribution in [1.82, 2.24) is 0 Å². The van der Waals surface area contributed by atoms with Gasteiger partial charge in [0.1, 0.15) is 17.9 Å². The summed E-state index contributed by atoms with van der Waals surface area (Å²) in [6, 6.07) is 14.1. The second kappa shape index (κ2) is 9.67. The van der Waals surface area contributed by atoms with Gasteiger partial charge in [-0.3, -0.25) is 0 Å². The summed E-state index contributed by atoms with van der Waals surface area (Å²) < 4.78 is 0. The van der Waals surface area contributed by atoms with E-state index in [1.54, 1.807) is 12.1 Å². The average molecular weight is 350 g/mol. The van der Waals surface area contributed by atoms with E-state index in [-0.39, 0.29) is 24.2 Å². The van der Waals surface area contributed by atoms with Crippen LogP contribution in [0.15, 0.2) is 42.5 Å². The van der Waals surface area contributed by atoms with Crippen LogP contribution in [0.4, 0.5) is 0 Å². The van der Waals surface area contributed by atoms with Gasteiger partial charge < -0.3 is 27.9 Å². The third kappa shape index (κ3) is 5.82. The van der Waals surface area contributed by atoms with E-state index in [9.17, 15) is 10.2 Å². The molecule has 0 fully saturated rings. The van der Waals surface area contributed by atoms with E-state index in [0.29, 0.717) is 0 Å². The summed E-state index contributed by atoms with van der Waals surface area (Å²) in [7, 11) is 0. The van der Waals surface area contributed by atoms with Gasteiger partial charge in [-0.05, 0) is 56.0 Å². The van der Waals surface area contributed by atoms with Crippen LogP contribution in [0.2, 0.25) is 0 Å². The first kappa shape index (κ1) is 20.5. The van der Waals surface area contributed by atoms with E-state index >= 15 is 0 Å². The fourth-order valence-corrected chi connectivity index (χ4v) is 2.74. The lowest BCUT2D eigenvalue weighted by molar-refractivity contribution is -0.694. The monoisotopic (exact) mass is 349 g/mol. The quantitative estimate of drug-likeness (QED) is 0.597. The molecule has 24 heavy (non-hydrogen) atoms. The molecule has 0 bridgehead atoms. The Kier molecular flexibility index (Phi) is 8.26. The fraction of sp³-hybridized carbons (Fsp3) is 0.400. The molecular weight excluding hydrogens is 322 g/mol. The van der Waals surface area contributed by atoms with Crippen LogP contribution in [-0.4, -0.2) is 22.8 Å². The minimum atomic E-state index is -0.520. The van der Waals surface area contributed by atoms with E-state index in [2.05, 4.69) is 36.5 Å².